The van der Waals surface area contributed by atoms with E-state index in [4.69, 9.17) is 5.26 Å². The number of rotatable bonds is 6. The first-order valence-electron chi connectivity index (χ1n) is 8.50. The maximum Gasteiger partial charge on any atom is 0.238 e. The number of nitriles is 1. The van der Waals surface area contributed by atoms with Gasteiger partial charge in [0.05, 0.1) is 18.2 Å². The molecule has 3 rings (SSSR count). The second kappa shape index (κ2) is 8.77. The Morgan fingerprint density at radius 2 is 1.96 bits per heavy atom. The van der Waals surface area contributed by atoms with E-state index in [1.165, 1.54) is 4.88 Å². The SMILES string of the molecule is N#Cc1cccc(NC(=O)CN2CCN(CCc3cccs3)CC2)c1. The number of amides is 1. The highest BCUT2D eigenvalue weighted by atomic mass is 32.1. The molecule has 2 aromatic rings. The highest BCUT2D eigenvalue weighted by Gasteiger charge is 2.18. The highest BCUT2D eigenvalue weighted by molar-refractivity contribution is 7.09. The molecular weight excluding hydrogens is 332 g/mol. The number of piperazine rings is 1. The molecule has 0 saturated carbocycles. The summed E-state index contributed by atoms with van der Waals surface area (Å²) >= 11 is 1.81. The third kappa shape index (κ3) is 5.40. The molecule has 5 nitrogen and oxygen atoms in total. The van der Waals surface area contributed by atoms with E-state index >= 15 is 0 Å². The van der Waals surface area contributed by atoms with E-state index in [1.54, 1.807) is 24.3 Å². The Hall–Kier alpha value is -2.20. The summed E-state index contributed by atoms with van der Waals surface area (Å²) in [5.41, 5.74) is 1.23. The Bertz CT molecular complexity index is 730. The molecule has 25 heavy (non-hydrogen) atoms. The van der Waals surface area contributed by atoms with Gasteiger partial charge in [-0.1, -0.05) is 12.1 Å². The minimum absolute atomic E-state index is 0.0258. The number of carbonyl (C=O) groups excluding carboxylic acids is 1. The molecule has 0 atom stereocenters. The van der Waals surface area contributed by atoms with Crippen molar-refractivity contribution >= 4 is 22.9 Å². The number of hydrogen-bond acceptors (Lipinski definition) is 5. The average Bonchev–Trinajstić information content (AvgIpc) is 3.15. The zero-order valence-corrected chi connectivity index (χ0v) is 15.0. The highest BCUT2D eigenvalue weighted by Crippen LogP contribution is 2.12. The predicted molar refractivity (Wildman–Crippen MR) is 101 cm³/mol. The normalized spacial score (nSPS) is 15.6. The predicted octanol–water partition coefficient (Wildman–Crippen LogP) is 2.42. The van der Waals surface area contributed by atoms with E-state index in [0.717, 1.165) is 39.1 Å². The van der Waals surface area contributed by atoms with Gasteiger partial charge in [0, 0.05) is 43.3 Å². The Balaban J connectivity index is 1.39. The lowest BCUT2D eigenvalue weighted by Gasteiger charge is -2.34. The molecule has 1 amide bonds. The van der Waals surface area contributed by atoms with Gasteiger partial charge in [0.15, 0.2) is 0 Å². The van der Waals surface area contributed by atoms with Crippen LogP contribution in [0.2, 0.25) is 0 Å². The second-order valence-electron chi connectivity index (χ2n) is 6.19. The van der Waals surface area contributed by atoms with Crippen molar-refractivity contribution < 1.29 is 4.79 Å². The van der Waals surface area contributed by atoms with Crippen LogP contribution in [0.15, 0.2) is 41.8 Å². The maximum atomic E-state index is 12.2. The summed E-state index contributed by atoms with van der Waals surface area (Å²) in [6, 6.07) is 13.4. The third-order valence-corrected chi connectivity index (χ3v) is 5.30. The molecule has 1 aromatic heterocycles. The molecular formula is C19H22N4OS. The summed E-state index contributed by atoms with van der Waals surface area (Å²) in [5, 5.41) is 13.9. The number of hydrogen-bond donors (Lipinski definition) is 1. The van der Waals surface area contributed by atoms with Gasteiger partial charge in [0.1, 0.15) is 0 Å². The van der Waals surface area contributed by atoms with Crippen molar-refractivity contribution in [3.8, 4) is 6.07 Å². The number of carbonyl (C=O) groups is 1. The quantitative estimate of drug-likeness (QED) is 0.865. The Morgan fingerprint density at radius 1 is 1.16 bits per heavy atom. The fourth-order valence-corrected chi connectivity index (χ4v) is 3.66. The molecule has 1 fully saturated rings. The Morgan fingerprint density at radius 3 is 2.68 bits per heavy atom. The van der Waals surface area contributed by atoms with Gasteiger partial charge >= 0.3 is 0 Å². The monoisotopic (exact) mass is 354 g/mol. The molecule has 0 spiro atoms. The molecule has 0 unspecified atom stereocenters. The molecule has 6 heteroatoms. The van der Waals surface area contributed by atoms with E-state index in [-0.39, 0.29) is 5.91 Å². The van der Waals surface area contributed by atoms with E-state index < -0.39 is 0 Å². The summed E-state index contributed by atoms with van der Waals surface area (Å²) < 4.78 is 0. The van der Waals surface area contributed by atoms with Crippen LogP contribution >= 0.6 is 11.3 Å². The molecule has 1 aromatic carbocycles. The lowest BCUT2D eigenvalue weighted by molar-refractivity contribution is -0.117. The Kier molecular flexibility index (Phi) is 6.18. The topological polar surface area (TPSA) is 59.4 Å². The maximum absolute atomic E-state index is 12.2. The molecule has 0 aliphatic carbocycles. The number of benzene rings is 1. The van der Waals surface area contributed by atoms with E-state index in [1.807, 2.05) is 11.3 Å². The molecule has 0 radical (unpaired) electrons. The summed E-state index contributed by atoms with van der Waals surface area (Å²) in [5.74, 6) is -0.0258. The van der Waals surface area contributed by atoms with Crippen LogP contribution in [0.5, 0.6) is 0 Å². The van der Waals surface area contributed by atoms with Gasteiger partial charge in [-0.2, -0.15) is 5.26 Å². The molecule has 2 heterocycles. The summed E-state index contributed by atoms with van der Waals surface area (Å²) in [7, 11) is 0. The van der Waals surface area contributed by atoms with Crippen molar-refractivity contribution in [3.05, 3.63) is 52.2 Å². The second-order valence-corrected chi connectivity index (χ2v) is 7.22. The average molecular weight is 354 g/mol. The fraction of sp³-hybridized carbons (Fsp3) is 0.368. The van der Waals surface area contributed by atoms with Crippen LogP contribution in [-0.2, 0) is 11.2 Å². The van der Waals surface area contributed by atoms with Crippen LogP contribution in [0.25, 0.3) is 0 Å². The van der Waals surface area contributed by atoms with Crippen molar-refractivity contribution in [2.75, 3.05) is 44.6 Å². The van der Waals surface area contributed by atoms with E-state index in [2.05, 4.69) is 38.7 Å². The summed E-state index contributed by atoms with van der Waals surface area (Å²) in [6.07, 6.45) is 1.10. The minimum atomic E-state index is -0.0258. The van der Waals surface area contributed by atoms with Crippen LogP contribution in [0.4, 0.5) is 5.69 Å². The zero-order valence-electron chi connectivity index (χ0n) is 14.1. The van der Waals surface area contributed by atoms with Gasteiger partial charge in [-0.25, -0.2) is 0 Å². The fourth-order valence-electron chi connectivity index (χ4n) is 2.96. The van der Waals surface area contributed by atoms with Crippen molar-refractivity contribution in [2.45, 2.75) is 6.42 Å². The van der Waals surface area contributed by atoms with Crippen LogP contribution < -0.4 is 5.32 Å². The van der Waals surface area contributed by atoms with Crippen molar-refractivity contribution in [3.63, 3.8) is 0 Å². The van der Waals surface area contributed by atoms with Gasteiger partial charge in [-0.3, -0.25) is 9.69 Å². The number of anilines is 1. The van der Waals surface area contributed by atoms with Crippen molar-refractivity contribution in [2.24, 2.45) is 0 Å². The number of nitrogens with one attached hydrogen (secondary N) is 1. The lowest BCUT2D eigenvalue weighted by Crippen LogP contribution is -2.49. The smallest absolute Gasteiger partial charge is 0.238 e. The summed E-state index contributed by atoms with van der Waals surface area (Å²) in [4.78, 5) is 18.3. The third-order valence-electron chi connectivity index (χ3n) is 4.36. The van der Waals surface area contributed by atoms with E-state index in [9.17, 15) is 4.79 Å². The molecule has 0 bridgehead atoms. The largest absolute Gasteiger partial charge is 0.325 e. The molecule has 1 aliphatic heterocycles. The van der Waals surface area contributed by atoms with Gasteiger partial charge in [-0.15, -0.1) is 11.3 Å². The standard InChI is InChI=1S/C19H22N4OS/c20-14-16-3-1-4-17(13-16)21-19(24)15-23-10-8-22(9-11-23)7-6-18-5-2-12-25-18/h1-5,12-13H,6-11,15H2,(H,21,24). The molecule has 1 saturated heterocycles. The number of nitrogens with zero attached hydrogens (tertiary/aromatic N) is 3. The van der Waals surface area contributed by atoms with Crippen LogP contribution in [0.3, 0.4) is 0 Å². The van der Waals surface area contributed by atoms with Gasteiger partial charge < -0.3 is 10.2 Å². The Labute approximate surface area is 152 Å². The van der Waals surface area contributed by atoms with Crippen LogP contribution in [0.1, 0.15) is 10.4 Å². The van der Waals surface area contributed by atoms with Crippen molar-refractivity contribution in [1.29, 1.82) is 5.26 Å². The van der Waals surface area contributed by atoms with Crippen LogP contribution in [0, 0.1) is 11.3 Å². The van der Waals surface area contributed by atoms with E-state index in [0.29, 0.717) is 17.8 Å². The van der Waals surface area contributed by atoms with Gasteiger partial charge in [0.2, 0.25) is 5.91 Å². The van der Waals surface area contributed by atoms with Gasteiger partial charge in [0.25, 0.3) is 0 Å². The first kappa shape index (κ1) is 17.6. The summed E-state index contributed by atoms with van der Waals surface area (Å²) in [6.45, 7) is 5.31. The minimum Gasteiger partial charge on any atom is -0.325 e. The molecule has 130 valence electrons. The first-order valence-corrected chi connectivity index (χ1v) is 9.38. The zero-order chi connectivity index (χ0) is 17.5. The van der Waals surface area contributed by atoms with Crippen molar-refractivity contribution in [1.82, 2.24) is 9.80 Å². The lowest BCUT2D eigenvalue weighted by atomic mass is 10.2. The molecule has 1 N–H and O–H groups in total. The number of thiophene rings is 1. The van der Waals surface area contributed by atoms with Crippen LogP contribution in [-0.4, -0.2) is 55.0 Å². The van der Waals surface area contributed by atoms with Gasteiger partial charge in [-0.05, 0) is 36.1 Å². The molecule has 1 aliphatic rings. The first-order chi connectivity index (χ1) is 12.2.